The van der Waals surface area contributed by atoms with Gasteiger partial charge in [0.05, 0.1) is 12.9 Å². The van der Waals surface area contributed by atoms with Crippen LogP contribution in [0.3, 0.4) is 0 Å². The summed E-state index contributed by atoms with van der Waals surface area (Å²) in [5, 5.41) is 15.7. The number of nitrogen functional groups attached to an aromatic ring is 1. The number of nitrogens with one attached hydrogen (secondary N) is 1. The third-order valence-corrected chi connectivity index (χ3v) is 1.83. The highest BCUT2D eigenvalue weighted by Gasteiger charge is 2.07. The molecule has 0 saturated heterocycles. The Morgan fingerprint density at radius 2 is 2.06 bits per heavy atom. The summed E-state index contributed by atoms with van der Waals surface area (Å²) in [5.74, 6) is 0.0437. The van der Waals surface area contributed by atoms with E-state index < -0.39 is 0 Å². The Balaban J connectivity index is 0.000000659. The van der Waals surface area contributed by atoms with Gasteiger partial charge in [-0.25, -0.2) is 4.98 Å². The molecule has 2 aromatic heterocycles. The van der Waals surface area contributed by atoms with Crippen molar-refractivity contribution in [2.75, 3.05) is 19.5 Å². The molecule has 0 aliphatic rings. The van der Waals surface area contributed by atoms with E-state index in [0.29, 0.717) is 12.2 Å². The van der Waals surface area contributed by atoms with Crippen LogP contribution in [0.15, 0.2) is 11.1 Å². The molecule has 2 rings (SSSR count). The van der Waals surface area contributed by atoms with Crippen LogP contribution in [-0.2, 0) is 6.54 Å². The van der Waals surface area contributed by atoms with Crippen LogP contribution in [-0.4, -0.2) is 43.4 Å². The highest BCUT2D eigenvalue weighted by Crippen LogP contribution is 2.05. The first-order chi connectivity index (χ1) is 8.72. The Morgan fingerprint density at radius 1 is 1.44 bits per heavy atom. The number of nitrogens with two attached hydrogens (primary N) is 1. The maximum Gasteiger partial charge on any atom is 0.280 e. The van der Waals surface area contributed by atoms with E-state index >= 15 is 0 Å². The van der Waals surface area contributed by atoms with E-state index in [0.717, 1.165) is 7.11 Å². The number of aromatic nitrogens is 4. The van der Waals surface area contributed by atoms with E-state index in [1.54, 1.807) is 4.57 Å². The Kier molecular flexibility index (Phi) is 7.32. The molecule has 0 saturated carbocycles. The normalized spacial score (nSPS) is 9.17. The van der Waals surface area contributed by atoms with Gasteiger partial charge in [-0.15, -0.1) is 0 Å². The van der Waals surface area contributed by atoms with Gasteiger partial charge in [0.15, 0.2) is 11.2 Å². The number of anilines is 1. The smallest absolute Gasteiger partial charge is 0.280 e. The second-order valence-corrected chi connectivity index (χ2v) is 2.78. The standard InChI is InChI=1S/C7H9N5O2.C2H6.CH4O/c8-7-10-5-4(6(14)11-7)9-3-12(5)1-2-13;2*1-2/h3,13H,1-2H2,(H3,8,10,11,14);1-2H3;2H,1H3. The van der Waals surface area contributed by atoms with E-state index in [-0.39, 0.29) is 23.6 Å². The molecule has 102 valence electrons. The molecule has 2 heterocycles. The summed E-state index contributed by atoms with van der Waals surface area (Å²) in [6.45, 7) is 4.30. The molecular formula is C10H19N5O3. The van der Waals surface area contributed by atoms with Gasteiger partial charge in [-0.1, -0.05) is 13.8 Å². The first-order valence-corrected chi connectivity index (χ1v) is 5.48. The number of aliphatic hydroxyl groups excluding tert-OH is 2. The summed E-state index contributed by atoms with van der Waals surface area (Å²) >= 11 is 0. The van der Waals surface area contributed by atoms with E-state index in [9.17, 15) is 4.79 Å². The van der Waals surface area contributed by atoms with Gasteiger partial charge < -0.3 is 20.5 Å². The highest BCUT2D eigenvalue weighted by molar-refractivity contribution is 5.70. The lowest BCUT2D eigenvalue weighted by atomic mass is 10.5. The van der Waals surface area contributed by atoms with Crippen molar-refractivity contribution in [3.63, 3.8) is 0 Å². The zero-order chi connectivity index (χ0) is 14.1. The number of aromatic amines is 1. The molecule has 0 radical (unpaired) electrons. The Bertz CT molecular complexity index is 520. The van der Waals surface area contributed by atoms with Crippen LogP contribution < -0.4 is 11.3 Å². The van der Waals surface area contributed by atoms with Crippen LogP contribution in [0.4, 0.5) is 5.95 Å². The van der Waals surface area contributed by atoms with Gasteiger partial charge in [-0.05, 0) is 0 Å². The zero-order valence-electron chi connectivity index (χ0n) is 10.7. The number of aliphatic hydroxyl groups is 2. The molecule has 0 amide bonds. The van der Waals surface area contributed by atoms with Gasteiger partial charge in [0.25, 0.3) is 5.56 Å². The largest absolute Gasteiger partial charge is 0.400 e. The molecule has 0 aliphatic heterocycles. The number of nitrogens with zero attached hydrogens (tertiary/aromatic N) is 3. The van der Waals surface area contributed by atoms with Crippen LogP contribution in [0.5, 0.6) is 0 Å². The van der Waals surface area contributed by atoms with E-state index in [2.05, 4.69) is 15.0 Å². The van der Waals surface area contributed by atoms with Crippen LogP contribution in [0.25, 0.3) is 11.2 Å². The van der Waals surface area contributed by atoms with Gasteiger partial charge in [0.1, 0.15) is 0 Å². The maximum absolute atomic E-state index is 11.3. The lowest BCUT2D eigenvalue weighted by molar-refractivity contribution is 0.277. The van der Waals surface area contributed by atoms with Gasteiger partial charge in [0, 0.05) is 13.7 Å². The van der Waals surface area contributed by atoms with Gasteiger partial charge in [-0.2, -0.15) is 4.98 Å². The number of fused-ring (bicyclic) bond motifs is 1. The molecule has 0 aliphatic carbocycles. The molecule has 2 aromatic rings. The quantitative estimate of drug-likeness (QED) is 0.564. The fourth-order valence-electron chi connectivity index (χ4n) is 1.24. The molecule has 0 aromatic carbocycles. The van der Waals surface area contributed by atoms with Crippen LogP contribution in [0.1, 0.15) is 13.8 Å². The first kappa shape index (κ1) is 16.1. The SMILES string of the molecule is CC.CO.Nc1nc2c(ncn2CCO)c(=O)[nH]1. The van der Waals surface area contributed by atoms with Crippen molar-refractivity contribution in [1.82, 2.24) is 19.5 Å². The van der Waals surface area contributed by atoms with Crippen molar-refractivity contribution in [3.8, 4) is 0 Å². The molecule has 0 atom stereocenters. The van der Waals surface area contributed by atoms with Crippen molar-refractivity contribution in [2.45, 2.75) is 20.4 Å². The second kappa shape index (κ2) is 8.20. The summed E-state index contributed by atoms with van der Waals surface area (Å²) in [4.78, 5) is 21.4. The van der Waals surface area contributed by atoms with E-state index in [1.165, 1.54) is 6.33 Å². The summed E-state index contributed by atoms with van der Waals surface area (Å²) in [5.41, 5.74) is 5.63. The predicted molar refractivity (Wildman–Crippen MR) is 69.1 cm³/mol. The van der Waals surface area contributed by atoms with Crippen molar-refractivity contribution >= 4 is 17.1 Å². The van der Waals surface area contributed by atoms with Crippen molar-refractivity contribution in [3.05, 3.63) is 16.7 Å². The lowest BCUT2D eigenvalue weighted by Gasteiger charge is -1.99. The lowest BCUT2D eigenvalue weighted by Crippen LogP contribution is -2.12. The Morgan fingerprint density at radius 3 is 2.61 bits per heavy atom. The third kappa shape index (κ3) is 3.54. The summed E-state index contributed by atoms with van der Waals surface area (Å²) in [6.07, 6.45) is 1.45. The van der Waals surface area contributed by atoms with Crippen LogP contribution in [0, 0.1) is 0 Å². The second-order valence-electron chi connectivity index (χ2n) is 2.78. The minimum Gasteiger partial charge on any atom is -0.400 e. The summed E-state index contributed by atoms with van der Waals surface area (Å²) < 4.78 is 1.57. The molecular weight excluding hydrogens is 238 g/mol. The topological polar surface area (TPSA) is 130 Å². The van der Waals surface area contributed by atoms with Crippen molar-refractivity contribution < 1.29 is 10.2 Å². The van der Waals surface area contributed by atoms with Crippen molar-refractivity contribution in [1.29, 1.82) is 0 Å². The molecule has 5 N–H and O–H groups in total. The number of hydrogen-bond donors (Lipinski definition) is 4. The van der Waals surface area contributed by atoms with Gasteiger partial charge in [-0.3, -0.25) is 9.78 Å². The highest BCUT2D eigenvalue weighted by atomic mass is 16.3. The maximum atomic E-state index is 11.3. The number of H-pyrrole nitrogens is 1. The van der Waals surface area contributed by atoms with E-state index in [1.807, 2.05) is 13.8 Å². The fraction of sp³-hybridized carbons (Fsp3) is 0.500. The molecule has 18 heavy (non-hydrogen) atoms. The molecule has 0 bridgehead atoms. The fourth-order valence-corrected chi connectivity index (χ4v) is 1.24. The molecule has 0 fully saturated rings. The van der Waals surface area contributed by atoms with Crippen LogP contribution >= 0.6 is 0 Å². The van der Waals surface area contributed by atoms with Crippen LogP contribution in [0.2, 0.25) is 0 Å². The Hall–Kier alpha value is -1.93. The van der Waals surface area contributed by atoms with Crippen molar-refractivity contribution in [2.24, 2.45) is 0 Å². The van der Waals surface area contributed by atoms with E-state index in [4.69, 9.17) is 15.9 Å². The summed E-state index contributed by atoms with van der Waals surface area (Å²) in [7, 11) is 1.00. The Labute approximate surface area is 104 Å². The molecule has 0 spiro atoms. The van der Waals surface area contributed by atoms with Gasteiger partial charge >= 0.3 is 0 Å². The number of rotatable bonds is 2. The first-order valence-electron chi connectivity index (χ1n) is 5.48. The number of imidazole rings is 1. The molecule has 8 heteroatoms. The monoisotopic (exact) mass is 257 g/mol. The average molecular weight is 257 g/mol. The minimum absolute atomic E-state index is 0.0418. The molecule has 8 nitrogen and oxygen atoms in total. The minimum atomic E-state index is -0.371. The average Bonchev–Trinajstić information content (AvgIpc) is 2.78. The predicted octanol–water partition coefficient (Wildman–Crippen LogP) is -0.671. The summed E-state index contributed by atoms with van der Waals surface area (Å²) in [6, 6.07) is 0. The third-order valence-electron chi connectivity index (χ3n) is 1.83. The zero-order valence-corrected chi connectivity index (χ0v) is 10.7. The number of hydrogen-bond acceptors (Lipinski definition) is 6. The molecule has 0 unspecified atom stereocenters. The van der Waals surface area contributed by atoms with Gasteiger partial charge in [0.2, 0.25) is 5.95 Å².